The molecule has 1 aromatic carbocycles. The summed E-state index contributed by atoms with van der Waals surface area (Å²) in [5.41, 5.74) is 0.742. The summed E-state index contributed by atoms with van der Waals surface area (Å²) in [5.74, 6) is 1.35. The van der Waals surface area contributed by atoms with E-state index < -0.39 is 0 Å². The SMILES string of the molecule is O=C(CCl)Nc1ccc(OCC2CCC2)cc1. The van der Waals surface area contributed by atoms with E-state index in [4.69, 9.17) is 16.3 Å². The van der Waals surface area contributed by atoms with Gasteiger partial charge in [-0.05, 0) is 43.0 Å². The average molecular weight is 254 g/mol. The quantitative estimate of drug-likeness (QED) is 0.819. The van der Waals surface area contributed by atoms with Crippen LogP contribution < -0.4 is 10.1 Å². The number of alkyl halides is 1. The first-order valence-electron chi connectivity index (χ1n) is 5.86. The molecule has 1 aliphatic rings. The van der Waals surface area contributed by atoms with Crippen LogP contribution in [0.1, 0.15) is 19.3 Å². The third-order valence-electron chi connectivity index (χ3n) is 2.97. The zero-order valence-electron chi connectivity index (χ0n) is 9.62. The number of anilines is 1. The van der Waals surface area contributed by atoms with Gasteiger partial charge in [0.25, 0.3) is 0 Å². The molecular weight excluding hydrogens is 238 g/mol. The fourth-order valence-electron chi connectivity index (χ4n) is 1.70. The van der Waals surface area contributed by atoms with Crippen LogP contribution in [0.2, 0.25) is 0 Å². The van der Waals surface area contributed by atoms with Crippen molar-refractivity contribution in [3.63, 3.8) is 0 Å². The van der Waals surface area contributed by atoms with E-state index in [9.17, 15) is 4.79 Å². The van der Waals surface area contributed by atoms with E-state index in [1.54, 1.807) is 0 Å². The predicted molar refractivity (Wildman–Crippen MR) is 68.6 cm³/mol. The lowest BCUT2D eigenvalue weighted by Crippen LogP contribution is -2.19. The Kier molecular flexibility index (Phi) is 4.26. The molecule has 1 N–H and O–H groups in total. The number of amides is 1. The Morgan fingerprint density at radius 1 is 1.35 bits per heavy atom. The van der Waals surface area contributed by atoms with Crippen molar-refractivity contribution >= 4 is 23.2 Å². The highest BCUT2D eigenvalue weighted by atomic mass is 35.5. The van der Waals surface area contributed by atoms with Gasteiger partial charge in [-0.3, -0.25) is 4.79 Å². The third kappa shape index (κ3) is 3.63. The standard InChI is InChI=1S/C13H16ClNO2/c14-8-13(16)15-11-4-6-12(7-5-11)17-9-10-2-1-3-10/h4-7,10H,1-3,8-9H2,(H,15,16). The fraction of sp³-hybridized carbons (Fsp3) is 0.462. The Bertz CT molecular complexity index is 374. The van der Waals surface area contributed by atoms with Gasteiger partial charge in [0, 0.05) is 5.69 Å². The van der Waals surface area contributed by atoms with Crippen LogP contribution in [0.5, 0.6) is 5.75 Å². The number of nitrogens with one attached hydrogen (secondary N) is 1. The van der Waals surface area contributed by atoms with Crippen LogP contribution in [-0.4, -0.2) is 18.4 Å². The topological polar surface area (TPSA) is 38.3 Å². The lowest BCUT2D eigenvalue weighted by molar-refractivity contribution is -0.113. The molecule has 0 bridgehead atoms. The van der Waals surface area contributed by atoms with Crippen molar-refractivity contribution in [2.45, 2.75) is 19.3 Å². The molecule has 2 rings (SSSR count). The van der Waals surface area contributed by atoms with Crippen LogP contribution >= 0.6 is 11.6 Å². The van der Waals surface area contributed by atoms with Gasteiger partial charge in [0.2, 0.25) is 5.91 Å². The third-order valence-corrected chi connectivity index (χ3v) is 3.21. The average Bonchev–Trinajstić information content (AvgIpc) is 2.29. The number of carbonyl (C=O) groups is 1. The zero-order chi connectivity index (χ0) is 12.1. The first kappa shape index (κ1) is 12.2. The molecule has 0 radical (unpaired) electrons. The minimum absolute atomic E-state index is 0.0278. The van der Waals surface area contributed by atoms with E-state index in [0.717, 1.165) is 24.0 Å². The highest BCUT2D eigenvalue weighted by molar-refractivity contribution is 6.29. The summed E-state index contributed by atoms with van der Waals surface area (Å²) >= 11 is 5.40. The first-order chi connectivity index (χ1) is 8.28. The molecule has 1 amide bonds. The number of hydrogen-bond acceptors (Lipinski definition) is 2. The van der Waals surface area contributed by atoms with Gasteiger partial charge in [0.15, 0.2) is 0 Å². The molecule has 0 heterocycles. The van der Waals surface area contributed by atoms with Crippen molar-refractivity contribution in [1.82, 2.24) is 0 Å². The molecule has 0 aromatic heterocycles. The minimum atomic E-state index is -0.199. The Morgan fingerprint density at radius 3 is 2.59 bits per heavy atom. The number of carbonyl (C=O) groups excluding carboxylic acids is 1. The fourth-order valence-corrected chi connectivity index (χ4v) is 1.77. The summed E-state index contributed by atoms with van der Waals surface area (Å²) < 4.78 is 5.66. The maximum atomic E-state index is 11.1. The Hall–Kier alpha value is -1.22. The molecule has 0 unspecified atom stereocenters. The molecule has 1 aliphatic carbocycles. The number of halogens is 1. The highest BCUT2D eigenvalue weighted by Crippen LogP contribution is 2.27. The molecule has 0 spiro atoms. The molecule has 0 saturated heterocycles. The number of rotatable bonds is 5. The van der Waals surface area contributed by atoms with Crippen LogP contribution in [-0.2, 0) is 4.79 Å². The largest absolute Gasteiger partial charge is 0.493 e. The molecular formula is C13H16ClNO2. The molecule has 1 fully saturated rings. The van der Waals surface area contributed by atoms with Gasteiger partial charge >= 0.3 is 0 Å². The van der Waals surface area contributed by atoms with Gasteiger partial charge in [-0.15, -0.1) is 11.6 Å². The van der Waals surface area contributed by atoms with Crippen molar-refractivity contribution in [3.05, 3.63) is 24.3 Å². The van der Waals surface area contributed by atoms with Crippen molar-refractivity contribution in [2.75, 3.05) is 17.8 Å². The smallest absolute Gasteiger partial charge is 0.239 e. The van der Waals surface area contributed by atoms with Crippen molar-refractivity contribution in [1.29, 1.82) is 0 Å². The van der Waals surface area contributed by atoms with Crippen LogP contribution in [0.15, 0.2) is 24.3 Å². The summed E-state index contributed by atoms with van der Waals surface area (Å²) in [4.78, 5) is 11.1. The lowest BCUT2D eigenvalue weighted by atomic mass is 9.86. The molecule has 3 nitrogen and oxygen atoms in total. The van der Waals surface area contributed by atoms with E-state index in [1.807, 2.05) is 24.3 Å². The molecule has 0 atom stereocenters. The molecule has 17 heavy (non-hydrogen) atoms. The first-order valence-corrected chi connectivity index (χ1v) is 6.40. The molecule has 1 aromatic rings. The molecule has 4 heteroatoms. The second-order valence-corrected chi connectivity index (χ2v) is 4.58. The maximum absolute atomic E-state index is 11.1. The summed E-state index contributed by atoms with van der Waals surface area (Å²) in [6, 6.07) is 7.37. The number of hydrogen-bond donors (Lipinski definition) is 1. The normalized spacial score (nSPS) is 15.1. The van der Waals surface area contributed by atoms with Gasteiger partial charge in [0.05, 0.1) is 6.61 Å². The Morgan fingerprint density at radius 2 is 2.06 bits per heavy atom. The van der Waals surface area contributed by atoms with E-state index in [2.05, 4.69) is 5.32 Å². The van der Waals surface area contributed by atoms with Gasteiger partial charge < -0.3 is 10.1 Å². The van der Waals surface area contributed by atoms with Gasteiger partial charge in [0.1, 0.15) is 11.6 Å². The highest BCUT2D eigenvalue weighted by Gasteiger charge is 2.17. The predicted octanol–water partition coefficient (Wildman–Crippen LogP) is 3.04. The lowest BCUT2D eigenvalue weighted by Gasteiger charge is -2.25. The van der Waals surface area contributed by atoms with Gasteiger partial charge in [-0.1, -0.05) is 6.42 Å². The maximum Gasteiger partial charge on any atom is 0.239 e. The summed E-state index contributed by atoms with van der Waals surface area (Å²) in [5, 5.41) is 2.68. The zero-order valence-corrected chi connectivity index (χ0v) is 10.4. The molecule has 92 valence electrons. The number of ether oxygens (including phenoxy) is 1. The monoisotopic (exact) mass is 253 g/mol. The van der Waals surface area contributed by atoms with Crippen molar-refractivity contribution < 1.29 is 9.53 Å². The van der Waals surface area contributed by atoms with Gasteiger partial charge in [-0.2, -0.15) is 0 Å². The molecule has 1 saturated carbocycles. The summed E-state index contributed by atoms with van der Waals surface area (Å²) in [6.07, 6.45) is 3.89. The van der Waals surface area contributed by atoms with Gasteiger partial charge in [-0.25, -0.2) is 0 Å². The van der Waals surface area contributed by atoms with E-state index in [1.165, 1.54) is 19.3 Å². The van der Waals surface area contributed by atoms with Crippen LogP contribution in [0.25, 0.3) is 0 Å². The van der Waals surface area contributed by atoms with Crippen molar-refractivity contribution in [2.24, 2.45) is 5.92 Å². The van der Waals surface area contributed by atoms with Crippen molar-refractivity contribution in [3.8, 4) is 5.75 Å². The summed E-state index contributed by atoms with van der Waals surface area (Å²) in [7, 11) is 0. The minimum Gasteiger partial charge on any atom is -0.493 e. The second kappa shape index (κ2) is 5.92. The molecule has 0 aliphatic heterocycles. The van der Waals surface area contributed by atoms with Crippen LogP contribution in [0, 0.1) is 5.92 Å². The van der Waals surface area contributed by atoms with E-state index in [-0.39, 0.29) is 11.8 Å². The summed E-state index contributed by atoms with van der Waals surface area (Å²) in [6.45, 7) is 0.799. The van der Waals surface area contributed by atoms with Crippen LogP contribution in [0.3, 0.4) is 0 Å². The second-order valence-electron chi connectivity index (χ2n) is 4.31. The Labute approximate surface area is 106 Å². The Balaban J connectivity index is 1.81. The van der Waals surface area contributed by atoms with Crippen LogP contribution in [0.4, 0.5) is 5.69 Å². The van der Waals surface area contributed by atoms with E-state index in [0.29, 0.717) is 0 Å². The number of benzene rings is 1. The van der Waals surface area contributed by atoms with E-state index >= 15 is 0 Å².